The second-order valence-corrected chi connectivity index (χ2v) is 9.67. The molecule has 0 aliphatic carbocycles. The first kappa shape index (κ1) is 21.4. The maximum absolute atomic E-state index is 12.7. The van der Waals surface area contributed by atoms with Gasteiger partial charge in [0, 0.05) is 23.7 Å². The van der Waals surface area contributed by atoms with Crippen LogP contribution in [0.3, 0.4) is 0 Å². The Morgan fingerprint density at radius 1 is 1.11 bits per heavy atom. The summed E-state index contributed by atoms with van der Waals surface area (Å²) in [4.78, 5) is 13.0. The number of rotatable bonds is 6. The molecule has 2 aromatic rings. The monoisotopic (exact) mass is 460 g/mol. The van der Waals surface area contributed by atoms with E-state index in [4.69, 9.17) is 27.9 Å². The van der Waals surface area contributed by atoms with Gasteiger partial charge >= 0.3 is 0 Å². The van der Waals surface area contributed by atoms with Crippen molar-refractivity contribution in [1.29, 1.82) is 0 Å². The Kier molecular flexibility index (Phi) is 7.25. The van der Waals surface area contributed by atoms with Crippen molar-refractivity contribution in [3.63, 3.8) is 0 Å². The number of anilines is 1. The molecule has 1 saturated heterocycles. The number of sulfonamides is 1. The van der Waals surface area contributed by atoms with E-state index in [1.807, 2.05) is 0 Å². The lowest BCUT2D eigenvalue weighted by Gasteiger charge is -2.26. The molecular formula is C18H18Cl2N2O4S2. The van der Waals surface area contributed by atoms with Crippen molar-refractivity contribution in [2.24, 2.45) is 0 Å². The third kappa shape index (κ3) is 5.20. The molecule has 1 heterocycles. The highest BCUT2D eigenvalue weighted by Crippen LogP contribution is 2.33. The van der Waals surface area contributed by atoms with Crippen LogP contribution in [0.5, 0.6) is 0 Å². The number of ether oxygens (including phenoxy) is 1. The van der Waals surface area contributed by atoms with E-state index in [1.165, 1.54) is 28.2 Å². The number of nitrogens with zero attached hydrogens (tertiary/aromatic N) is 1. The third-order valence-electron chi connectivity index (χ3n) is 3.99. The summed E-state index contributed by atoms with van der Waals surface area (Å²) >= 11 is 13.4. The number of benzene rings is 2. The van der Waals surface area contributed by atoms with Crippen molar-refractivity contribution < 1.29 is 17.9 Å². The van der Waals surface area contributed by atoms with Gasteiger partial charge in [0.15, 0.2) is 0 Å². The number of nitrogens with one attached hydrogen (secondary N) is 1. The van der Waals surface area contributed by atoms with Crippen molar-refractivity contribution in [3.8, 4) is 0 Å². The summed E-state index contributed by atoms with van der Waals surface area (Å²) in [5, 5.41) is 3.66. The van der Waals surface area contributed by atoms with Gasteiger partial charge in [-0.1, -0.05) is 35.3 Å². The smallest absolute Gasteiger partial charge is 0.243 e. The van der Waals surface area contributed by atoms with Crippen LogP contribution in [0.15, 0.2) is 52.3 Å². The Morgan fingerprint density at radius 3 is 2.43 bits per heavy atom. The largest absolute Gasteiger partial charge is 0.379 e. The molecule has 6 nitrogen and oxygen atoms in total. The summed E-state index contributed by atoms with van der Waals surface area (Å²) in [6, 6.07) is 11.3. The van der Waals surface area contributed by atoms with Crippen LogP contribution in [0, 0.1) is 0 Å². The molecule has 0 atom stereocenters. The number of morpholine rings is 1. The first-order valence-corrected chi connectivity index (χ1v) is 11.6. The minimum atomic E-state index is -3.62. The van der Waals surface area contributed by atoms with Crippen LogP contribution >= 0.6 is 35.0 Å². The van der Waals surface area contributed by atoms with E-state index < -0.39 is 10.0 Å². The Bertz CT molecular complexity index is 944. The third-order valence-corrected chi connectivity index (χ3v) is 7.88. The number of hydrogen-bond acceptors (Lipinski definition) is 5. The van der Waals surface area contributed by atoms with E-state index in [0.717, 1.165) is 0 Å². The Hall–Kier alpha value is -1.29. The van der Waals surface area contributed by atoms with E-state index >= 15 is 0 Å². The molecule has 10 heteroatoms. The highest BCUT2D eigenvalue weighted by Gasteiger charge is 2.26. The van der Waals surface area contributed by atoms with Gasteiger partial charge in [-0.25, -0.2) is 8.42 Å². The van der Waals surface area contributed by atoms with Gasteiger partial charge in [0.25, 0.3) is 0 Å². The van der Waals surface area contributed by atoms with Gasteiger partial charge in [-0.05, 0) is 30.3 Å². The highest BCUT2D eigenvalue weighted by molar-refractivity contribution is 8.00. The minimum absolute atomic E-state index is 0.0872. The van der Waals surface area contributed by atoms with Gasteiger partial charge in [0.2, 0.25) is 15.9 Å². The fourth-order valence-electron chi connectivity index (χ4n) is 2.63. The zero-order valence-corrected chi connectivity index (χ0v) is 17.9. The molecule has 0 aromatic heterocycles. The summed E-state index contributed by atoms with van der Waals surface area (Å²) in [7, 11) is -3.62. The number of hydrogen-bond donors (Lipinski definition) is 1. The molecule has 150 valence electrons. The Balaban J connectivity index is 1.66. The highest BCUT2D eigenvalue weighted by atomic mass is 35.5. The van der Waals surface area contributed by atoms with Gasteiger partial charge in [-0.15, -0.1) is 11.8 Å². The molecule has 0 saturated carbocycles. The maximum atomic E-state index is 12.7. The normalized spacial score (nSPS) is 15.4. The standard InChI is InChI=1S/C18H18Cl2N2O4S2/c19-15-5-2-6-16(20)18(15)27-12-17(23)21-13-3-1-4-14(11-13)28(24,25)22-7-9-26-10-8-22/h1-6,11H,7-10,12H2,(H,21,23). The SMILES string of the molecule is O=C(CSc1c(Cl)cccc1Cl)Nc1cccc(S(=O)(=O)N2CCOCC2)c1. The van der Waals surface area contributed by atoms with Crippen LogP contribution in [-0.4, -0.2) is 50.7 Å². The topological polar surface area (TPSA) is 75.7 Å². The van der Waals surface area contributed by atoms with E-state index in [2.05, 4.69) is 5.32 Å². The number of thioether (sulfide) groups is 1. The molecule has 0 bridgehead atoms. The lowest BCUT2D eigenvalue weighted by molar-refractivity contribution is -0.113. The summed E-state index contributed by atoms with van der Waals surface area (Å²) in [6.07, 6.45) is 0. The van der Waals surface area contributed by atoms with E-state index in [9.17, 15) is 13.2 Å². The van der Waals surface area contributed by atoms with E-state index in [0.29, 0.717) is 46.9 Å². The molecule has 28 heavy (non-hydrogen) atoms. The lowest BCUT2D eigenvalue weighted by Crippen LogP contribution is -2.40. The van der Waals surface area contributed by atoms with Gasteiger partial charge in [-0.3, -0.25) is 4.79 Å². The van der Waals surface area contributed by atoms with Crippen molar-refractivity contribution in [3.05, 3.63) is 52.5 Å². The molecular weight excluding hydrogens is 443 g/mol. The number of amides is 1. The predicted molar refractivity (Wildman–Crippen MR) is 112 cm³/mol. The molecule has 1 N–H and O–H groups in total. The van der Waals surface area contributed by atoms with Crippen LogP contribution in [0.2, 0.25) is 10.0 Å². The van der Waals surface area contributed by atoms with Gasteiger partial charge in [0.1, 0.15) is 0 Å². The second-order valence-electron chi connectivity index (χ2n) is 5.93. The molecule has 1 amide bonds. The van der Waals surface area contributed by atoms with Crippen LogP contribution in [0.25, 0.3) is 0 Å². The van der Waals surface area contributed by atoms with Gasteiger partial charge in [-0.2, -0.15) is 4.31 Å². The lowest BCUT2D eigenvalue weighted by atomic mass is 10.3. The molecule has 1 aliphatic heterocycles. The second kappa shape index (κ2) is 9.47. The minimum Gasteiger partial charge on any atom is -0.379 e. The molecule has 0 spiro atoms. The molecule has 3 rings (SSSR count). The van der Waals surface area contributed by atoms with Crippen LogP contribution in [0.1, 0.15) is 0 Å². The van der Waals surface area contributed by atoms with Crippen molar-refractivity contribution in [2.45, 2.75) is 9.79 Å². The Labute approximate surface area is 178 Å². The summed E-state index contributed by atoms with van der Waals surface area (Å²) < 4.78 is 32.1. The molecule has 1 aliphatic rings. The number of carbonyl (C=O) groups is 1. The van der Waals surface area contributed by atoms with Crippen LogP contribution in [-0.2, 0) is 19.6 Å². The number of carbonyl (C=O) groups excluding carboxylic acids is 1. The van der Waals surface area contributed by atoms with Gasteiger partial charge < -0.3 is 10.1 Å². The zero-order valence-electron chi connectivity index (χ0n) is 14.7. The zero-order chi connectivity index (χ0) is 20.1. The van der Waals surface area contributed by atoms with Crippen molar-refractivity contribution in [1.82, 2.24) is 4.31 Å². The maximum Gasteiger partial charge on any atom is 0.243 e. The molecule has 0 radical (unpaired) electrons. The average molecular weight is 461 g/mol. The Morgan fingerprint density at radius 2 is 1.75 bits per heavy atom. The summed E-state index contributed by atoms with van der Waals surface area (Å²) in [5.41, 5.74) is 0.408. The van der Waals surface area contributed by atoms with Gasteiger partial charge in [0.05, 0.1) is 33.9 Å². The van der Waals surface area contributed by atoms with Crippen molar-refractivity contribution >= 4 is 56.6 Å². The van der Waals surface area contributed by atoms with Crippen LogP contribution in [0.4, 0.5) is 5.69 Å². The molecule has 2 aromatic carbocycles. The first-order valence-electron chi connectivity index (χ1n) is 8.42. The van der Waals surface area contributed by atoms with Crippen molar-refractivity contribution in [2.75, 3.05) is 37.4 Å². The first-order chi connectivity index (χ1) is 13.4. The summed E-state index contributed by atoms with van der Waals surface area (Å²) in [5.74, 6) is -0.203. The summed E-state index contributed by atoms with van der Waals surface area (Å²) in [6.45, 7) is 1.37. The predicted octanol–water partition coefficient (Wildman–Crippen LogP) is 3.75. The molecule has 1 fully saturated rings. The fraction of sp³-hybridized carbons (Fsp3) is 0.278. The van der Waals surface area contributed by atoms with Crippen LogP contribution < -0.4 is 5.32 Å². The van der Waals surface area contributed by atoms with E-state index in [1.54, 1.807) is 30.3 Å². The average Bonchev–Trinajstić information content (AvgIpc) is 2.68. The molecule has 0 unspecified atom stereocenters. The quantitative estimate of drug-likeness (QED) is 0.664. The number of halogens is 2. The fourth-order valence-corrected chi connectivity index (χ4v) is 5.56. The van der Waals surface area contributed by atoms with E-state index in [-0.39, 0.29) is 16.6 Å².